The number of hydrogen-bond donors (Lipinski definition) is 1. The van der Waals surface area contributed by atoms with Gasteiger partial charge < -0.3 is 14.8 Å². The summed E-state index contributed by atoms with van der Waals surface area (Å²) in [5.74, 6) is -1.07. The zero-order chi connectivity index (χ0) is 23.1. The van der Waals surface area contributed by atoms with Crippen LogP contribution in [0.2, 0.25) is 0 Å². The summed E-state index contributed by atoms with van der Waals surface area (Å²) < 4.78 is 41.0. The smallest absolute Gasteiger partial charge is 0.336 e. The molecule has 0 bridgehead atoms. The molecule has 3 rings (SSSR count). The zero-order valence-corrected chi connectivity index (χ0v) is 18.6. The second-order valence-electron chi connectivity index (χ2n) is 6.77. The van der Waals surface area contributed by atoms with Gasteiger partial charge in [0, 0.05) is 18.5 Å². The summed E-state index contributed by atoms with van der Waals surface area (Å²) in [5.41, 5.74) is -1.29. The van der Waals surface area contributed by atoms with Crippen molar-refractivity contribution in [3.8, 4) is 0 Å². The van der Waals surface area contributed by atoms with Crippen LogP contribution in [-0.2, 0) is 28.7 Å². The topological polar surface area (TPSA) is 80.1 Å². The van der Waals surface area contributed by atoms with Crippen molar-refractivity contribution in [3.05, 3.63) is 58.5 Å². The van der Waals surface area contributed by atoms with Gasteiger partial charge in [-0.2, -0.15) is 13.2 Å². The van der Waals surface area contributed by atoms with E-state index in [-0.39, 0.29) is 23.9 Å². The van der Waals surface area contributed by atoms with Gasteiger partial charge in [-0.25, -0.2) is 0 Å². The molecule has 0 spiro atoms. The summed E-state index contributed by atoms with van der Waals surface area (Å²) in [6.45, 7) is 0.289. The Hall–Kier alpha value is -2.86. The lowest BCUT2D eigenvalue weighted by Gasteiger charge is -2.18. The first-order chi connectivity index (χ1) is 15.2. The molecular weight excluding hydrogens is 463 g/mol. The van der Waals surface area contributed by atoms with E-state index >= 15 is 0 Å². The Labute approximate surface area is 190 Å². The molecule has 3 aromatic rings. The molecule has 7 nitrogen and oxygen atoms in total. The Morgan fingerprint density at radius 2 is 2.00 bits per heavy atom. The van der Waals surface area contributed by atoms with Gasteiger partial charge in [0.1, 0.15) is 6.33 Å². The van der Waals surface area contributed by atoms with Gasteiger partial charge in [0.2, 0.25) is 11.8 Å². The molecule has 1 aromatic carbocycles. The van der Waals surface area contributed by atoms with Crippen LogP contribution in [0, 0.1) is 0 Å². The summed E-state index contributed by atoms with van der Waals surface area (Å²) in [4.78, 5) is 27.0. The van der Waals surface area contributed by atoms with Gasteiger partial charge in [0.15, 0.2) is 5.16 Å². The predicted octanol–water partition coefficient (Wildman–Crippen LogP) is 3.79. The van der Waals surface area contributed by atoms with Gasteiger partial charge in [-0.15, -0.1) is 21.5 Å². The highest BCUT2D eigenvalue weighted by Gasteiger charge is 2.33. The summed E-state index contributed by atoms with van der Waals surface area (Å²) in [6.07, 6.45) is -2.19. The molecule has 12 heteroatoms. The van der Waals surface area contributed by atoms with Crippen LogP contribution >= 0.6 is 23.1 Å². The molecule has 0 unspecified atom stereocenters. The summed E-state index contributed by atoms with van der Waals surface area (Å²) in [7, 11) is 1.42. The molecule has 0 aliphatic heterocycles. The second kappa shape index (κ2) is 10.6. The maximum atomic E-state index is 13.1. The van der Waals surface area contributed by atoms with E-state index in [1.807, 2.05) is 22.1 Å². The van der Waals surface area contributed by atoms with Crippen LogP contribution < -0.4 is 5.32 Å². The molecule has 1 N–H and O–H groups in total. The minimum absolute atomic E-state index is 0.0145. The molecule has 2 amide bonds. The van der Waals surface area contributed by atoms with Crippen molar-refractivity contribution in [2.24, 2.45) is 0 Å². The molecule has 0 atom stereocenters. The van der Waals surface area contributed by atoms with Crippen molar-refractivity contribution >= 4 is 40.6 Å². The van der Waals surface area contributed by atoms with Crippen molar-refractivity contribution in [3.63, 3.8) is 0 Å². The molecule has 170 valence electrons. The van der Waals surface area contributed by atoms with Gasteiger partial charge in [-0.3, -0.25) is 9.59 Å². The third kappa shape index (κ3) is 6.57. The lowest BCUT2D eigenvalue weighted by molar-refractivity contribution is -0.137. The first-order valence-corrected chi connectivity index (χ1v) is 11.3. The van der Waals surface area contributed by atoms with Crippen LogP contribution in [0.1, 0.15) is 10.4 Å². The molecule has 0 aliphatic rings. The number of carbonyl (C=O) groups is 2. The highest BCUT2D eigenvalue weighted by Crippen LogP contribution is 2.34. The van der Waals surface area contributed by atoms with Gasteiger partial charge >= 0.3 is 6.18 Å². The number of nitrogens with zero attached hydrogens (tertiary/aromatic N) is 4. The number of rotatable bonds is 9. The molecule has 0 radical (unpaired) electrons. The first kappa shape index (κ1) is 23.8. The number of carbonyl (C=O) groups excluding carboxylic acids is 2. The molecule has 0 aliphatic carbocycles. The SMILES string of the molecule is CN(CC(=O)Nc1ccccc1C(F)(F)F)C(=O)CSc1nncn1CCc1cccs1. The maximum Gasteiger partial charge on any atom is 0.418 e. The molecule has 2 heterocycles. The first-order valence-electron chi connectivity index (χ1n) is 9.47. The van der Waals surface area contributed by atoms with Crippen LogP contribution in [0.5, 0.6) is 0 Å². The summed E-state index contributed by atoms with van der Waals surface area (Å²) in [5, 5.41) is 12.7. The number of thioether (sulfide) groups is 1. The van der Waals surface area contributed by atoms with Gasteiger partial charge in [0.05, 0.1) is 23.5 Å². The molecule has 0 saturated heterocycles. The number of aromatic nitrogens is 3. The van der Waals surface area contributed by atoms with Crippen molar-refractivity contribution in [1.82, 2.24) is 19.7 Å². The molecule has 0 saturated carbocycles. The fraction of sp³-hybridized carbons (Fsp3) is 0.300. The number of alkyl halides is 3. The third-order valence-electron chi connectivity index (χ3n) is 4.40. The third-order valence-corrected chi connectivity index (χ3v) is 6.30. The van der Waals surface area contributed by atoms with Crippen LogP contribution in [0.4, 0.5) is 18.9 Å². The quantitative estimate of drug-likeness (QED) is 0.469. The lowest BCUT2D eigenvalue weighted by Crippen LogP contribution is -2.36. The number of thiophene rings is 1. The molecule has 2 aromatic heterocycles. The highest BCUT2D eigenvalue weighted by atomic mass is 32.2. The molecule has 32 heavy (non-hydrogen) atoms. The van der Waals surface area contributed by atoms with Crippen molar-refractivity contribution in [2.75, 3.05) is 24.7 Å². The highest BCUT2D eigenvalue weighted by molar-refractivity contribution is 7.99. The van der Waals surface area contributed by atoms with Crippen molar-refractivity contribution < 1.29 is 22.8 Å². The minimum atomic E-state index is -4.60. The number of halogens is 3. The number of likely N-dealkylation sites (N-methyl/N-ethyl adjacent to an activating group) is 1. The number of nitrogens with one attached hydrogen (secondary N) is 1. The number of anilines is 1. The zero-order valence-electron chi connectivity index (χ0n) is 17.0. The van der Waals surface area contributed by atoms with E-state index in [4.69, 9.17) is 0 Å². The molecular formula is C20H20F3N5O2S2. The minimum Gasteiger partial charge on any atom is -0.336 e. The van der Waals surface area contributed by atoms with E-state index in [2.05, 4.69) is 15.5 Å². The van der Waals surface area contributed by atoms with Crippen LogP contribution in [-0.4, -0.2) is 50.8 Å². The number of hydrogen-bond acceptors (Lipinski definition) is 6. The normalized spacial score (nSPS) is 11.4. The van der Waals surface area contributed by atoms with E-state index in [1.165, 1.54) is 41.9 Å². The van der Waals surface area contributed by atoms with Crippen LogP contribution in [0.25, 0.3) is 0 Å². The predicted molar refractivity (Wildman–Crippen MR) is 116 cm³/mol. The fourth-order valence-electron chi connectivity index (χ4n) is 2.76. The standard InChI is InChI=1S/C20H20F3N5O2S2/c1-27(11-17(29)25-16-7-3-2-6-15(16)20(21,22)23)18(30)12-32-19-26-24-13-28(19)9-8-14-5-4-10-31-14/h2-7,10,13H,8-9,11-12H2,1H3,(H,25,29). The number of aryl methyl sites for hydroxylation is 2. The number of para-hydroxylation sites is 1. The average Bonchev–Trinajstić information content (AvgIpc) is 3.41. The Bertz CT molecular complexity index is 1050. The summed E-state index contributed by atoms with van der Waals surface area (Å²) >= 11 is 2.84. The molecule has 0 fully saturated rings. The maximum absolute atomic E-state index is 13.1. The average molecular weight is 484 g/mol. The van der Waals surface area contributed by atoms with E-state index in [1.54, 1.807) is 17.7 Å². The van der Waals surface area contributed by atoms with Gasteiger partial charge in [0.25, 0.3) is 0 Å². The fourth-order valence-corrected chi connectivity index (χ4v) is 4.34. The van der Waals surface area contributed by atoms with Crippen molar-refractivity contribution in [1.29, 1.82) is 0 Å². The van der Waals surface area contributed by atoms with E-state index < -0.39 is 17.6 Å². The lowest BCUT2D eigenvalue weighted by atomic mass is 10.1. The Balaban J connectivity index is 1.50. The van der Waals surface area contributed by atoms with Crippen LogP contribution in [0.15, 0.2) is 53.3 Å². The number of amides is 2. The number of benzene rings is 1. The Kier molecular flexibility index (Phi) is 7.91. The second-order valence-corrected chi connectivity index (χ2v) is 8.74. The van der Waals surface area contributed by atoms with E-state index in [9.17, 15) is 22.8 Å². The Morgan fingerprint density at radius 3 is 2.72 bits per heavy atom. The van der Waals surface area contributed by atoms with Gasteiger partial charge in [-0.1, -0.05) is 30.0 Å². The summed E-state index contributed by atoms with van der Waals surface area (Å²) in [6, 6.07) is 8.71. The van der Waals surface area contributed by atoms with Gasteiger partial charge in [-0.05, 0) is 30.0 Å². The van der Waals surface area contributed by atoms with Crippen LogP contribution in [0.3, 0.4) is 0 Å². The Morgan fingerprint density at radius 1 is 1.22 bits per heavy atom. The van der Waals surface area contributed by atoms with E-state index in [0.29, 0.717) is 11.7 Å². The van der Waals surface area contributed by atoms with Crippen molar-refractivity contribution in [2.45, 2.75) is 24.3 Å². The monoisotopic (exact) mass is 483 g/mol. The largest absolute Gasteiger partial charge is 0.418 e. The van der Waals surface area contributed by atoms with E-state index in [0.717, 1.165) is 17.4 Å².